The Morgan fingerprint density at radius 2 is 1.96 bits per heavy atom. The van der Waals surface area contributed by atoms with Crippen molar-refractivity contribution in [3.05, 3.63) is 36.0 Å². The Morgan fingerprint density at radius 1 is 1.16 bits per heavy atom. The number of nitrogens with one attached hydrogen (secondary N) is 1. The summed E-state index contributed by atoms with van der Waals surface area (Å²) >= 11 is 0. The number of aryl methyl sites for hydroxylation is 1. The van der Waals surface area contributed by atoms with E-state index in [1.165, 1.54) is 36.8 Å². The first kappa shape index (κ1) is 16.6. The number of rotatable bonds is 5. The van der Waals surface area contributed by atoms with Crippen LogP contribution < -0.4 is 0 Å². The molecule has 2 aliphatic rings. The number of benzene rings is 1. The summed E-state index contributed by atoms with van der Waals surface area (Å²) in [6, 6.07) is 9.38. The highest BCUT2D eigenvalue weighted by molar-refractivity contribution is 5.84. The standard InChI is InChI=1S/C21H29N3O/c1-2-23-13-5-9-19(23)20-10-6-14-24(20)21(25)12-11-16-15-22-18-8-4-3-7-17(16)18/h3-4,7-8,15,19-20,22H,2,5-6,9-14H2,1H3/t19-,20+/m0/s1. The molecule has 0 saturated carbocycles. The van der Waals surface area contributed by atoms with Crippen LogP contribution in [0.25, 0.3) is 10.9 Å². The van der Waals surface area contributed by atoms with E-state index in [1.807, 2.05) is 6.07 Å². The first-order valence-electron chi connectivity index (χ1n) is 9.86. The maximum atomic E-state index is 12.9. The van der Waals surface area contributed by atoms with Gasteiger partial charge >= 0.3 is 0 Å². The van der Waals surface area contributed by atoms with Crippen LogP contribution in [0.2, 0.25) is 0 Å². The molecule has 25 heavy (non-hydrogen) atoms. The van der Waals surface area contributed by atoms with Gasteiger partial charge in [-0.1, -0.05) is 25.1 Å². The lowest BCUT2D eigenvalue weighted by Gasteiger charge is -2.34. The molecule has 0 bridgehead atoms. The van der Waals surface area contributed by atoms with Crippen molar-refractivity contribution in [3.8, 4) is 0 Å². The lowest BCUT2D eigenvalue weighted by atomic mass is 10.0. The smallest absolute Gasteiger partial charge is 0.223 e. The van der Waals surface area contributed by atoms with E-state index in [1.54, 1.807) is 0 Å². The molecule has 0 unspecified atom stereocenters. The van der Waals surface area contributed by atoms with Crippen LogP contribution in [-0.2, 0) is 11.2 Å². The second kappa shape index (κ2) is 7.20. The minimum atomic E-state index is 0.343. The molecule has 1 aromatic heterocycles. The van der Waals surface area contributed by atoms with E-state index in [2.05, 4.69) is 46.1 Å². The summed E-state index contributed by atoms with van der Waals surface area (Å²) in [5.74, 6) is 0.343. The zero-order valence-corrected chi connectivity index (χ0v) is 15.2. The maximum absolute atomic E-state index is 12.9. The molecular weight excluding hydrogens is 310 g/mol. The van der Waals surface area contributed by atoms with Crippen LogP contribution in [0.3, 0.4) is 0 Å². The van der Waals surface area contributed by atoms with Crippen LogP contribution in [0, 0.1) is 0 Å². The largest absolute Gasteiger partial charge is 0.361 e. The highest BCUT2D eigenvalue weighted by Crippen LogP contribution is 2.30. The van der Waals surface area contributed by atoms with Gasteiger partial charge in [-0.05, 0) is 56.8 Å². The lowest BCUT2D eigenvalue weighted by Crippen LogP contribution is -2.48. The molecule has 0 radical (unpaired) electrons. The number of amides is 1. The van der Waals surface area contributed by atoms with Crippen LogP contribution in [0.15, 0.2) is 30.5 Å². The van der Waals surface area contributed by atoms with Crippen molar-refractivity contribution in [2.24, 2.45) is 0 Å². The minimum Gasteiger partial charge on any atom is -0.361 e. The van der Waals surface area contributed by atoms with E-state index in [-0.39, 0.29) is 0 Å². The third-order valence-electron chi connectivity index (χ3n) is 6.17. The first-order chi connectivity index (χ1) is 12.3. The van der Waals surface area contributed by atoms with Crippen molar-refractivity contribution in [2.45, 2.75) is 57.5 Å². The molecule has 1 amide bonds. The number of carbonyl (C=O) groups is 1. The summed E-state index contributed by atoms with van der Waals surface area (Å²) in [6.07, 6.45) is 8.40. The summed E-state index contributed by atoms with van der Waals surface area (Å²) < 4.78 is 0. The van der Waals surface area contributed by atoms with Gasteiger partial charge in [-0.3, -0.25) is 9.69 Å². The predicted molar refractivity (Wildman–Crippen MR) is 102 cm³/mol. The topological polar surface area (TPSA) is 39.3 Å². The van der Waals surface area contributed by atoms with Crippen molar-refractivity contribution in [2.75, 3.05) is 19.6 Å². The van der Waals surface area contributed by atoms with E-state index in [4.69, 9.17) is 0 Å². The van der Waals surface area contributed by atoms with Gasteiger partial charge in [0, 0.05) is 42.1 Å². The van der Waals surface area contributed by atoms with E-state index >= 15 is 0 Å². The van der Waals surface area contributed by atoms with Crippen LogP contribution in [0.1, 0.15) is 44.6 Å². The summed E-state index contributed by atoms with van der Waals surface area (Å²) in [5, 5.41) is 1.25. The number of hydrogen-bond acceptors (Lipinski definition) is 2. The highest BCUT2D eigenvalue weighted by atomic mass is 16.2. The van der Waals surface area contributed by atoms with Gasteiger partial charge in [0.05, 0.1) is 0 Å². The van der Waals surface area contributed by atoms with Gasteiger partial charge in [-0.15, -0.1) is 0 Å². The highest BCUT2D eigenvalue weighted by Gasteiger charge is 2.38. The molecule has 2 atom stereocenters. The fourth-order valence-corrected chi connectivity index (χ4v) is 4.91. The first-order valence-corrected chi connectivity index (χ1v) is 9.86. The van der Waals surface area contributed by atoms with Crippen LogP contribution in [0.4, 0.5) is 0 Å². The van der Waals surface area contributed by atoms with Crippen molar-refractivity contribution in [1.29, 1.82) is 0 Å². The molecule has 1 N–H and O–H groups in total. The van der Waals surface area contributed by atoms with Gasteiger partial charge in [0.25, 0.3) is 0 Å². The molecule has 2 saturated heterocycles. The molecule has 2 fully saturated rings. The number of carbonyl (C=O) groups excluding carboxylic acids is 1. The van der Waals surface area contributed by atoms with Gasteiger partial charge in [0.1, 0.15) is 0 Å². The minimum absolute atomic E-state index is 0.343. The molecule has 2 aliphatic heterocycles. The Morgan fingerprint density at radius 3 is 2.84 bits per heavy atom. The van der Waals surface area contributed by atoms with E-state index in [0.717, 1.165) is 31.4 Å². The molecule has 0 spiro atoms. The number of likely N-dealkylation sites (N-methyl/N-ethyl adjacent to an activating group) is 1. The van der Waals surface area contributed by atoms with Gasteiger partial charge in [-0.25, -0.2) is 0 Å². The molecule has 3 heterocycles. The molecule has 4 rings (SSSR count). The fourth-order valence-electron chi connectivity index (χ4n) is 4.91. The van der Waals surface area contributed by atoms with Gasteiger partial charge < -0.3 is 9.88 Å². The molecule has 134 valence electrons. The molecular formula is C21H29N3O. The Balaban J connectivity index is 1.42. The van der Waals surface area contributed by atoms with Crippen molar-refractivity contribution < 1.29 is 4.79 Å². The lowest BCUT2D eigenvalue weighted by molar-refractivity contribution is -0.133. The third-order valence-corrected chi connectivity index (χ3v) is 6.17. The fraction of sp³-hybridized carbons (Fsp3) is 0.571. The zero-order valence-electron chi connectivity index (χ0n) is 15.2. The van der Waals surface area contributed by atoms with Crippen LogP contribution in [-0.4, -0.2) is 52.4 Å². The second-order valence-electron chi connectivity index (χ2n) is 7.49. The average molecular weight is 339 g/mol. The maximum Gasteiger partial charge on any atom is 0.223 e. The predicted octanol–water partition coefficient (Wildman–Crippen LogP) is 3.58. The monoisotopic (exact) mass is 339 g/mol. The second-order valence-corrected chi connectivity index (χ2v) is 7.49. The SMILES string of the molecule is CCN1CCC[C@H]1[C@H]1CCCN1C(=O)CCc1c[nH]c2ccccc12. The zero-order chi connectivity index (χ0) is 17.2. The Kier molecular flexibility index (Phi) is 4.80. The van der Waals surface area contributed by atoms with Crippen molar-refractivity contribution in [3.63, 3.8) is 0 Å². The molecule has 4 nitrogen and oxygen atoms in total. The van der Waals surface area contributed by atoms with Gasteiger partial charge in [0.2, 0.25) is 5.91 Å². The van der Waals surface area contributed by atoms with Crippen LogP contribution >= 0.6 is 0 Å². The number of para-hydroxylation sites is 1. The Labute approximate surface area is 150 Å². The van der Waals surface area contributed by atoms with Gasteiger partial charge in [0.15, 0.2) is 0 Å². The summed E-state index contributed by atoms with van der Waals surface area (Å²) in [5.41, 5.74) is 2.42. The molecule has 0 aliphatic carbocycles. The van der Waals surface area contributed by atoms with E-state index in [9.17, 15) is 4.79 Å². The van der Waals surface area contributed by atoms with Gasteiger partial charge in [-0.2, -0.15) is 0 Å². The quantitative estimate of drug-likeness (QED) is 0.904. The molecule has 2 aromatic rings. The number of likely N-dealkylation sites (tertiary alicyclic amines) is 2. The van der Waals surface area contributed by atoms with E-state index < -0.39 is 0 Å². The van der Waals surface area contributed by atoms with Crippen molar-refractivity contribution >= 4 is 16.8 Å². The van der Waals surface area contributed by atoms with Crippen molar-refractivity contribution in [1.82, 2.24) is 14.8 Å². The molecule has 4 heteroatoms. The molecule has 1 aromatic carbocycles. The number of nitrogens with zero attached hydrogens (tertiary/aromatic N) is 2. The van der Waals surface area contributed by atoms with Crippen LogP contribution in [0.5, 0.6) is 0 Å². The number of hydrogen-bond donors (Lipinski definition) is 1. The summed E-state index contributed by atoms with van der Waals surface area (Å²) in [6.45, 7) is 5.51. The third kappa shape index (κ3) is 3.20. The number of aromatic nitrogens is 1. The Hall–Kier alpha value is -1.81. The Bertz CT molecular complexity index is 738. The summed E-state index contributed by atoms with van der Waals surface area (Å²) in [7, 11) is 0. The summed E-state index contributed by atoms with van der Waals surface area (Å²) in [4.78, 5) is 21.0. The number of H-pyrrole nitrogens is 1. The number of fused-ring (bicyclic) bond motifs is 1. The van der Waals surface area contributed by atoms with E-state index in [0.29, 0.717) is 24.4 Å². The normalized spacial score (nSPS) is 24.4. The average Bonchev–Trinajstić information content (AvgIpc) is 3.37. The number of aromatic amines is 1.